The fourth-order valence-corrected chi connectivity index (χ4v) is 3.55. The highest BCUT2D eigenvalue weighted by molar-refractivity contribution is 9.10. The van der Waals surface area contributed by atoms with Gasteiger partial charge in [-0.1, -0.05) is 22.0 Å². The van der Waals surface area contributed by atoms with Crippen molar-refractivity contribution in [3.63, 3.8) is 0 Å². The van der Waals surface area contributed by atoms with Crippen molar-refractivity contribution in [3.05, 3.63) is 67.8 Å². The van der Waals surface area contributed by atoms with E-state index in [-0.39, 0.29) is 23.7 Å². The Morgan fingerprint density at radius 3 is 2.77 bits per heavy atom. The summed E-state index contributed by atoms with van der Waals surface area (Å²) in [6, 6.07) is 7.61. The van der Waals surface area contributed by atoms with Crippen molar-refractivity contribution in [1.29, 1.82) is 0 Å². The molecule has 0 aliphatic carbocycles. The molecule has 3 aromatic rings. The van der Waals surface area contributed by atoms with Crippen LogP contribution in [0.1, 0.15) is 29.2 Å². The highest BCUT2D eigenvalue weighted by Crippen LogP contribution is 2.41. The molecule has 2 aromatic heterocycles. The Kier molecular flexibility index (Phi) is 3.95. The summed E-state index contributed by atoms with van der Waals surface area (Å²) in [6.45, 7) is 1.79. The Morgan fingerprint density at radius 1 is 1.27 bits per heavy atom. The molecule has 4 rings (SSSR count). The molecule has 0 fully saturated rings. The third-order valence-electron chi connectivity index (χ3n) is 4.32. The number of hydrogen-bond donors (Lipinski definition) is 2. The zero-order valence-corrected chi connectivity index (χ0v) is 15.2. The standard InChI is InChI=1S/C17H13BrFN5O2/c1-8-16-11(10-3-2-9(18)6-12(10)19)7-15(26)20-17(16)24(23-8)13-4-5-14(25)22-21-13/h2-6,11H,7H2,1H3,(H,20,26)(H,22,25)/t11-/m1/s1. The summed E-state index contributed by atoms with van der Waals surface area (Å²) >= 11 is 3.25. The second kappa shape index (κ2) is 6.17. The molecule has 2 N–H and O–H groups in total. The number of halogens is 2. The number of fused-ring (bicyclic) bond motifs is 1. The van der Waals surface area contributed by atoms with Gasteiger partial charge in [-0.15, -0.1) is 0 Å². The first-order valence-corrected chi connectivity index (χ1v) is 8.64. The van der Waals surface area contributed by atoms with Gasteiger partial charge >= 0.3 is 0 Å². The Balaban J connectivity index is 1.89. The third kappa shape index (κ3) is 2.74. The maximum absolute atomic E-state index is 14.5. The molecule has 1 aromatic carbocycles. The number of hydrogen-bond acceptors (Lipinski definition) is 4. The quantitative estimate of drug-likeness (QED) is 0.670. The zero-order chi connectivity index (χ0) is 18.4. The van der Waals surface area contributed by atoms with Gasteiger partial charge in [0, 0.05) is 28.4 Å². The first-order valence-electron chi connectivity index (χ1n) is 7.84. The normalized spacial score (nSPS) is 16.3. The average Bonchev–Trinajstić information content (AvgIpc) is 2.91. The van der Waals surface area contributed by atoms with E-state index in [0.29, 0.717) is 27.4 Å². The number of benzene rings is 1. The van der Waals surface area contributed by atoms with Crippen LogP contribution >= 0.6 is 15.9 Å². The molecular weight excluding hydrogens is 405 g/mol. The molecule has 0 saturated carbocycles. The molecular formula is C17H13BrFN5O2. The summed E-state index contributed by atoms with van der Waals surface area (Å²) in [6.07, 6.45) is 0.122. The van der Waals surface area contributed by atoms with Gasteiger partial charge in [0.1, 0.15) is 11.6 Å². The van der Waals surface area contributed by atoms with E-state index in [2.05, 4.69) is 36.5 Å². The molecule has 0 bridgehead atoms. The van der Waals surface area contributed by atoms with E-state index in [0.717, 1.165) is 5.56 Å². The summed E-state index contributed by atoms with van der Waals surface area (Å²) in [5.41, 5.74) is 1.48. The van der Waals surface area contributed by atoms with Gasteiger partial charge in [-0.05, 0) is 30.7 Å². The van der Waals surface area contributed by atoms with Gasteiger partial charge in [0.25, 0.3) is 5.56 Å². The van der Waals surface area contributed by atoms with Gasteiger partial charge in [-0.3, -0.25) is 9.59 Å². The number of amides is 1. The van der Waals surface area contributed by atoms with Crippen LogP contribution in [0.25, 0.3) is 5.82 Å². The Morgan fingerprint density at radius 2 is 2.08 bits per heavy atom. The van der Waals surface area contributed by atoms with Crippen LogP contribution in [-0.2, 0) is 4.79 Å². The number of carbonyl (C=O) groups is 1. The van der Waals surface area contributed by atoms with Crippen molar-refractivity contribution in [3.8, 4) is 5.82 Å². The van der Waals surface area contributed by atoms with E-state index in [1.807, 2.05) is 0 Å². The summed E-state index contributed by atoms with van der Waals surface area (Å²) in [5, 5.41) is 13.5. The minimum Gasteiger partial charge on any atom is -0.310 e. The minimum absolute atomic E-state index is 0.122. The fraction of sp³-hybridized carbons (Fsp3) is 0.176. The van der Waals surface area contributed by atoms with Gasteiger partial charge in [0.15, 0.2) is 5.82 Å². The van der Waals surface area contributed by atoms with Crippen molar-refractivity contribution < 1.29 is 9.18 Å². The molecule has 9 heteroatoms. The van der Waals surface area contributed by atoms with E-state index in [4.69, 9.17) is 0 Å². The summed E-state index contributed by atoms with van der Waals surface area (Å²) in [7, 11) is 0. The van der Waals surface area contributed by atoms with Crippen LogP contribution in [-0.4, -0.2) is 25.9 Å². The first kappa shape index (κ1) is 16.6. The lowest BCUT2D eigenvalue weighted by Crippen LogP contribution is -2.25. The van der Waals surface area contributed by atoms with Crippen LogP contribution < -0.4 is 10.9 Å². The molecule has 7 nitrogen and oxygen atoms in total. The van der Waals surface area contributed by atoms with E-state index in [9.17, 15) is 14.0 Å². The van der Waals surface area contributed by atoms with Crippen molar-refractivity contribution in [2.75, 3.05) is 5.32 Å². The van der Waals surface area contributed by atoms with Crippen LogP contribution in [0.3, 0.4) is 0 Å². The van der Waals surface area contributed by atoms with Crippen LogP contribution in [0.5, 0.6) is 0 Å². The lowest BCUT2D eigenvalue weighted by atomic mass is 9.85. The number of nitrogens with one attached hydrogen (secondary N) is 2. The molecule has 0 saturated heterocycles. The molecule has 0 radical (unpaired) electrons. The number of aryl methyl sites for hydroxylation is 1. The number of carbonyl (C=O) groups excluding carboxylic acids is 1. The highest BCUT2D eigenvalue weighted by Gasteiger charge is 2.34. The van der Waals surface area contributed by atoms with E-state index in [1.54, 1.807) is 19.1 Å². The molecule has 0 spiro atoms. The molecule has 26 heavy (non-hydrogen) atoms. The SMILES string of the molecule is Cc1nn(-c2ccc(=O)[nH]n2)c2c1[C@@H](c1ccc(Br)cc1F)CC(=O)N2. The van der Waals surface area contributed by atoms with Crippen molar-refractivity contribution in [1.82, 2.24) is 20.0 Å². The average molecular weight is 418 g/mol. The molecule has 132 valence electrons. The number of H-pyrrole nitrogens is 1. The number of rotatable bonds is 2. The summed E-state index contributed by atoms with van der Waals surface area (Å²) in [4.78, 5) is 23.5. The van der Waals surface area contributed by atoms with Crippen LogP contribution in [0.4, 0.5) is 10.2 Å². The summed E-state index contributed by atoms with van der Waals surface area (Å²) < 4.78 is 16.6. The van der Waals surface area contributed by atoms with Gasteiger partial charge in [0.05, 0.1) is 5.69 Å². The number of nitrogens with zero attached hydrogens (tertiary/aromatic N) is 3. The van der Waals surface area contributed by atoms with Crippen LogP contribution in [0.2, 0.25) is 0 Å². The summed E-state index contributed by atoms with van der Waals surface area (Å²) in [5.74, 6) is -0.296. The smallest absolute Gasteiger partial charge is 0.264 e. The number of aromatic amines is 1. The van der Waals surface area contributed by atoms with Crippen molar-refractivity contribution >= 4 is 27.7 Å². The van der Waals surface area contributed by atoms with Crippen LogP contribution in [0.15, 0.2) is 39.6 Å². The Bertz CT molecular complexity index is 1070. The van der Waals surface area contributed by atoms with E-state index >= 15 is 0 Å². The number of aromatic nitrogens is 4. The van der Waals surface area contributed by atoms with Crippen molar-refractivity contribution in [2.24, 2.45) is 0 Å². The van der Waals surface area contributed by atoms with Crippen LogP contribution in [0, 0.1) is 12.7 Å². The molecule has 1 aliphatic heterocycles. The third-order valence-corrected chi connectivity index (χ3v) is 4.82. The van der Waals surface area contributed by atoms with Gasteiger partial charge in [-0.2, -0.15) is 14.9 Å². The molecule has 1 atom stereocenters. The number of anilines is 1. The second-order valence-corrected chi connectivity index (χ2v) is 6.93. The maximum Gasteiger partial charge on any atom is 0.264 e. The molecule has 3 heterocycles. The highest BCUT2D eigenvalue weighted by atomic mass is 79.9. The molecule has 0 unspecified atom stereocenters. The minimum atomic E-state index is -0.455. The van der Waals surface area contributed by atoms with Gasteiger partial charge in [0.2, 0.25) is 5.91 Å². The van der Waals surface area contributed by atoms with Crippen molar-refractivity contribution in [2.45, 2.75) is 19.3 Å². The topological polar surface area (TPSA) is 92.7 Å². The van der Waals surface area contributed by atoms with E-state index < -0.39 is 5.92 Å². The zero-order valence-electron chi connectivity index (χ0n) is 13.6. The van der Waals surface area contributed by atoms with E-state index in [1.165, 1.54) is 22.9 Å². The van der Waals surface area contributed by atoms with Gasteiger partial charge < -0.3 is 5.32 Å². The predicted molar refractivity (Wildman–Crippen MR) is 95.9 cm³/mol. The first-order chi connectivity index (χ1) is 12.4. The predicted octanol–water partition coefficient (Wildman–Crippen LogP) is 2.64. The Hall–Kier alpha value is -2.81. The van der Waals surface area contributed by atoms with Gasteiger partial charge in [-0.25, -0.2) is 9.49 Å². The fourth-order valence-electron chi connectivity index (χ4n) is 3.22. The lowest BCUT2D eigenvalue weighted by Gasteiger charge is -2.24. The molecule has 1 amide bonds. The maximum atomic E-state index is 14.5. The largest absolute Gasteiger partial charge is 0.310 e. The monoisotopic (exact) mass is 417 g/mol. The lowest BCUT2D eigenvalue weighted by molar-refractivity contribution is -0.116. The molecule has 1 aliphatic rings. The second-order valence-electron chi connectivity index (χ2n) is 6.01. The Labute approximate surface area is 155 Å².